The highest BCUT2D eigenvalue weighted by Crippen LogP contribution is 2.56. The van der Waals surface area contributed by atoms with Gasteiger partial charge in [0.25, 0.3) is 5.91 Å². The largest absolute Gasteiger partial charge is 0.454 e. The van der Waals surface area contributed by atoms with E-state index in [-0.39, 0.29) is 41.4 Å². The number of imide groups is 1. The summed E-state index contributed by atoms with van der Waals surface area (Å²) in [7, 11) is 0. The molecule has 0 aromatic heterocycles. The van der Waals surface area contributed by atoms with Gasteiger partial charge in [0.2, 0.25) is 11.8 Å². The van der Waals surface area contributed by atoms with Gasteiger partial charge in [0.15, 0.2) is 6.61 Å². The molecule has 4 rings (SSSR count). The van der Waals surface area contributed by atoms with Gasteiger partial charge in [-0.3, -0.25) is 19.3 Å². The number of carbonyl (C=O) groups is 4. The van der Waals surface area contributed by atoms with Crippen molar-refractivity contribution in [3.63, 3.8) is 0 Å². The highest BCUT2D eigenvalue weighted by Gasteiger charge is 2.62. The van der Waals surface area contributed by atoms with Crippen LogP contribution in [0, 0.1) is 36.5 Å². The molecule has 2 bridgehead atoms. The highest BCUT2D eigenvalue weighted by atomic mass is 35.5. The first-order valence-electron chi connectivity index (χ1n) is 10.8. The van der Waals surface area contributed by atoms with E-state index in [9.17, 15) is 19.2 Å². The summed E-state index contributed by atoms with van der Waals surface area (Å²) in [5.74, 6) is -2.19. The lowest BCUT2D eigenvalue weighted by Crippen LogP contribution is -2.50. The van der Waals surface area contributed by atoms with Crippen LogP contribution in [-0.2, 0) is 23.9 Å². The second kappa shape index (κ2) is 8.26. The normalized spacial score (nSPS) is 27.6. The number of rotatable bonds is 6. The minimum Gasteiger partial charge on any atom is -0.454 e. The standard InChI is InChI=1S/C23H27ClN2O5/c1-11(2)20(26-21(28)18-13-7-8-14(9-13)19(18)22(26)29)23(30)31-10-17(27)25-16-6-4-5-15(24)12(16)3/h4-6,11,13-14,18-20H,7-10H2,1-3H3,(H,25,27)/t13-,14-,18+,19+,20-/m0/s1. The van der Waals surface area contributed by atoms with Crippen molar-refractivity contribution in [1.29, 1.82) is 0 Å². The van der Waals surface area contributed by atoms with E-state index in [2.05, 4.69) is 5.32 Å². The maximum absolute atomic E-state index is 13.1. The zero-order valence-electron chi connectivity index (χ0n) is 17.9. The first-order chi connectivity index (χ1) is 14.7. The number of esters is 1. The van der Waals surface area contributed by atoms with Crippen molar-refractivity contribution in [3.8, 4) is 0 Å². The van der Waals surface area contributed by atoms with Crippen LogP contribution in [0.3, 0.4) is 0 Å². The second-order valence-corrected chi connectivity index (χ2v) is 9.60. The van der Waals surface area contributed by atoms with E-state index in [0.29, 0.717) is 16.3 Å². The predicted octanol–water partition coefficient (Wildman–Crippen LogP) is 3.19. The number of likely N-dealkylation sites (tertiary alicyclic amines) is 1. The number of benzene rings is 1. The van der Waals surface area contributed by atoms with Crippen LogP contribution >= 0.6 is 11.6 Å². The fourth-order valence-corrected chi connectivity index (χ4v) is 5.71. The third kappa shape index (κ3) is 3.73. The lowest BCUT2D eigenvalue weighted by Gasteiger charge is -2.28. The number of nitrogens with zero attached hydrogens (tertiary/aromatic N) is 1. The maximum Gasteiger partial charge on any atom is 0.330 e. The maximum atomic E-state index is 13.1. The van der Waals surface area contributed by atoms with E-state index in [0.717, 1.165) is 24.2 Å². The van der Waals surface area contributed by atoms with E-state index in [1.54, 1.807) is 39.0 Å². The van der Waals surface area contributed by atoms with Gasteiger partial charge in [0, 0.05) is 10.7 Å². The van der Waals surface area contributed by atoms with Crippen molar-refractivity contribution in [2.24, 2.45) is 29.6 Å². The molecule has 7 nitrogen and oxygen atoms in total. The summed E-state index contributed by atoms with van der Waals surface area (Å²) in [5, 5.41) is 3.18. The number of halogens is 1. The Morgan fingerprint density at radius 2 is 1.77 bits per heavy atom. The minimum atomic E-state index is -1.02. The molecule has 31 heavy (non-hydrogen) atoms. The molecule has 3 amide bonds. The minimum absolute atomic E-state index is 0.243. The van der Waals surface area contributed by atoms with Crippen LogP contribution in [0.25, 0.3) is 0 Å². The van der Waals surface area contributed by atoms with E-state index in [1.807, 2.05) is 0 Å². The van der Waals surface area contributed by atoms with Gasteiger partial charge < -0.3 is 10.1 Å². The summed E-state index contributed by atoms with van der Waals surface area (Å²) in [6.07, 6.45) is 2.87. The molecule has 1 N–H and O–H groups in total. The van der Waals surface area contributed by atoms with Crippen LogP contribution in [-0.4, -0.2) is 41.2 Å². The summed E-state index contributed by atoms with van der Waals surface area (Å²) in [6.45, 7) is 4.80. The molecular weight excluding hydrogens is 420 g/mol. The summed E-state index contributed by atoms with van der Waals surface area (Å²) >= 11 is 6.06. The fraction of sp³-hybridized carbons (Fsp3) is 0.565. The highest BCUT2D eigenvalue weighted by molar-refractivity contribution is 6.31. The van der Waals surface area contributed by atoms with Crippen LogP contribution < -0.4 is 5.32 Å². The van der Waals surface area contributed by atoms with Gasteiger partial charge in [0.1, 0.15) is 6.04 Å². The van der Waals surface area contributed by atoms with Crippen molar-refractivity contribution in [2.45, 2.75) is 46.1 Å². The Balaban J connectivity index is 1.42. The lowest BCUT2D eigenvalue weighted by molar-refractivity contribution is -0.162. The van der Waals surface area contributed by atoms with Gasteiger partial charge in [0.05, 0.1) is 11.8 Å². The number of carbonyl (C=O) groups excluding carboxylic acids is 4. The number of amides is 3. The van der Waals surface area contributed by atoms with Crippen LogP contribution in [0.1, 0.15) is 38.7 Å². The van der Waals surface area contributed by atoms with Crippen molar-refractivity contribution < 1.29 is 23.9 Å². The SMILES string of the molecule is Cc1c(Cl)cccc1NC(=O)COC(=O)[C@H](C(C)C)N1C(=O)[C@@H]2[C@H]3CC[C@@H](C3)[C@H]2C1=O. The van der Waals surface area contributed by atoms with Crippen molar-refractivity contribution in [2.75, 3.05) is 11.9 Å². The summed E-state index contributed by atoms with van der Waals surface area (Å²) in [6, 6.07) is 4.10. The van der Waals surface area contributed by atoms with Gasteiger partial charge in [-0.05, 0) is 61.6 Å². The Morgan fingerprint density at radius 3 is 2.35 bits per heavy atom. The molecule has 0 radical (unpaired) electrons. The molecule has 0 spiro atoms. The number of nitrogens with one attached hydrogen (secondary N) is 1. The monoisotopic (exact) mass is 446 g/mol. The molecular formula is C23H27ClN2O5. The van der Waals surface area contributed by atoms with Gasteiger partial charge in [-0.15, -0.1) is 0 Å². The predicted molar refractivity (Wildman–Crippen MR) is 114 cm³/mol. The zero-order valence-corrected chi connectivity index (χ0v) is 18.6. The number of anilines is 1. The third-order valence-electron chi connectivity index (χ3n) is 7.00. The first-order valence-corrected chi connectivity index (χ1v) is 11.2. The van der Waals surface area contributed by atoms with Crippen molar-refractivity contribution in [3.05, 3.63) is 28.8 Å². The zero-order chi connectivity index (χ0) is 22.4. The van der Waals surface area contributed by atoms with E-state index < -0.39 is 24.5 Å². The lowest BCUT2D eigenvalue weighted by atomic mass is 9.81. The molecule has 2 aliphatic carbocycles. The Labute approximate surface area is 186 Å². The van der Waals surface area contributed by atoms with Crippen LogP contribution in [0.15, 0.2) is 18.2 Å². The van der Waals surface area contributed by atoms with Gasteiger partial charge in [-0.1, -0.05) is 31.5 Å². The van der Waals surface area contributed by atoms with Crippen molar-refractivity contribution >= 4 is 41.0 Å². The number of hydrogen-bond acceptors (Lipinski definition) is 5. The molecule has 2 saturated carbocycles. The topological polar surface area (TPSA) is 92.8 Å². The van der Waals surface area contributed by atoms with E-state index in [1.165, 1.54) is 0 Å². The van der Waals surface area contributed by atoms with E-state index in [4.69, 9.17) is 16.3 Å². The fourth-order valence-electron chi connectivity index (χ4n) is 5.53. The van der Waals surface area contributed by atoms with Gasteiger partial charge in [-0.2, -0.15) is 0 Å². The quantitative estimate of drug-likeness (QED) is 0.535. The molecule has 8 heteroatoms. The molecule has 1 heterocycles. The van der Waals surface area contributed by atoms with Gasteiger partial charge >= 0.3 is 5.97 Å². The van der Waals surface area contributed by atoms with Crippen LogP contribution in [0.5, 0.6) is 0 Å². The summed E-state index contributed by atoms with van der Waals surface area (Å²) in [4.78, 5) is 52.5. The van der Waals surface area contributed by atoms with Crippen LogP contribution in [0.2, 0.25) is 5.02 Å². The van der Waals surface area contributed by atoms with Crippen molar-refractivity contribution in [1.82, 2.24) is 4.90 Å². The smallest absolute Gasteiger partial charge is 0.330 e. The summed E-state index contributed by atoms with van der Waals surface area (Å²) in [5.41, 5.74) is 1.24. The van der Waals surface area contributed by atoms with Crippen LogP contribution in [0.4, 0.5) is 5.69 Å². The molecule has 3 aliphatic rings. The molecule has 3 fully saturated rings. The number of hydrogen-bond donors (Lipinski definition) is 1. The molecule has 0 unspecified atom stereocenters. The first kappa shape index (κ1) is 21.8. The molecule has 1 aromatic rings. The average Bonchev–Trinajstić information content (AvgIpc) is 3.40. The Hall–Kier alpha value is -2.41. The van der Waals surface area contributed by atoms with E-state index >= 15 is 0 Å². The second-order valence-electron chi connectivity index (χ2n) is 9.19. The average molecular weight is 447 g/mol. The summed E-state index contributed by atoms with van der Waals surface area (Å²) < 4.78 is 5.24. The Kier molecular flexibility index (Phi) is 5.81. The Morgan fingerprint density at radius 1 is 1.16 bits per heavy atom. The molecule has 5 atom stereocenters. The molecule has 1 saturated heterocycles. The molecule has 166 valence electrons. The molecule has 1 aromatic carbocycles. The molecule has 1 aliphatic heterocycles. The number of fused-ring (bicyclic) bond motifs is 5. The Bertz CT molecular complexity index is 918. The van der Waals surface area contributed by atoms with Gasteiger partial charge in [-0.25, -0.2) is 4.79 Å². The number of ether oxygens (including phenoxy) is 1. The third-order valence-corrected chi connectivity index (χ3v) is 7.41.